The quantitative estimate of drug-likeness (QED) is 0.613. The molecule has 14 heavy (non-hydrogen) atoms. The summed E-state index contributed by atoms with van der Waals surface area (Å²) in [6.45, 7) is 0. The molecule has 0 radical (unpaired) electrons. The van der Waals surface area contributed by atoms with E-state index >= 15 is 0 Å². The van der Waals surface area contributed by atoms with Crippen molar-refractivity contribution >= 4 is 54.5 Å². The van der Waals surface area contributed by atoms with Crippen molar-refractivity contribution in [3.8, 4) is 0 Å². The lowest BCUT2D eigenvalue weighted by molar-refractivity contribution is 0.532. The van der Waals surface area contributed by atoms with Crippen LogP contribution in [0.15, 0.2) is 24.3 Å². The van der Waals surface area contributed by atoms with Crippen LogP contribution in [0.5, 0.6) is 0 Å². The molecule has 0 aliphatic heterocycles. The van der Waals surface area contributed by atoms with Crippen molar-refractivity contribution in [2.24, 2.45) is 0 Å². The summed E-state index contributed by atoms with van der Waals surface area (Å²) in [5.74, 6) is 0. The Labute approximate surface area is 107 Å². The van der Waals surface area contributed by atoms with Crippen molar-refractivity contribution in [2.45, 2.75) is 8.99 Å². The molecule has 0 aromatic heterocycles. The third-order valence-corrected chi connectivity index (χ3v) is 4.56. The molecule has 0 aliphatic carbocycles. The minimum absolute atomic E-state index is 0.309. The van der Waals surface area contributed by atoms with Gasteiger partial charge in [-0.15, -0.1) is 0 Å². The van der Waals surface area contributed by atoms with Crippen molar-refractivity contribution in [1.29, 1.82) is 0 Å². The minimum atomic E-state index is -2.24. The lowest BCUT2D eigenvalue weighted by Gasteiger charge is -2.23. The first-order valence-corrected chi connectivity index (χ1v) is 6.67. The second-order valence-electron chi connectivity index (χ2n) is 2.68. The van der Waals surface area contributed by atoms with Crippen molar-refractivity contribution in [3.63, 3.8) is 0 Å². The predicted octanol–water partition coefficient (Wildman–Crippen LogP) is 3.21. The number of halogens is 3. The van der Waals surface area contributed by atoms with Crippen LogP contribution in [0, 0.1) is 0 Å². The van der Waals surface area contributed by atoms with Crippen molar-refractivity contribution < 1.29 is 8.76 Å². The van der Waals surface area contributed by atoms with Crippen LogP contribution in [0.1, 0.15) is 5.56 Å². The topological polar surface area (TPSA) is 40.1 Å². The lowest BCUT2D eigenvalue weighted by Crippen LogP contribution is -2.21. The zero-order valence-corrected chi connectivity index (χ0v) is 11.6. The Morgan fingerprint density at radius 3 is 2.64 bits per heavy atom. The molecule has 0 N–H and O–H groups in total. The fourth-order valence-electron chi connectivity index (χ4n) is 0.943. The molecule has 0 bridgehead atoms. The third-order valence-electron chi connectivity index (χ3n) is 1.54. The first kappa shape index (κ1) is 12.6. The Hall–Kier alpha value is 0.580. The molecule has 6 heteroatoms. The highest BCUT2D eigenvalue weighted by Gasteiger charge is 2.24. The van der Waals surface area contributed by atoms with E-state index < -0.39 is 13.6 Å². The summed E-state index contributed by atoms with van der Waals surface area (Å²) in [5.41, 5.74) is 0.843. The van der Waals surface area contributed by atoms with E-state index in [-0.39, 0.29) is 0 Å². The molecule has 0 spiro atoms. The van der Waals surface area contributed by atoms with E-state index in [0.29, 0.717) is 11.4 Å². The highest BCUT2D eigenvalue weighted by Crippen LogP contribution is 2.33. The van der Waals surface area contributed by atoms with Crippen molar-refractivity contribution in [2.75, 3.05) is 0 Å². The molecule has 2 nitrogen and oxygen atoms in total. The number of alkyl halides is 2. The number of hydrogen-bond acceptors (Lipinski definition) is 2. The van der Waals surface area contributed by atoms with Crippen LogP contribution in [-0.2, 0) is 17.5 Å². The molecule has 0 amide bonds. The van der Waals surface area contributed by atoms with Gasteiger partial charge in [0.05, 0.1) is 0 Å². The van der Waals surface area contributed by atoms with Gasteiger partial charge in [0, 0.05) is 11.4 Å². The SMILES string of the molecule is O=S([O-])C(Br)(Br)Cc1cccc(Cl)c1. The molecule has 0 aliphatic rings. The first-order valence-electron chi connectivity index (χ1n) is 3.63. The van der Waals surface area contributed by atoms with Gasteiger partial charge in [0.15, 0.2) is 0 Å². The first-order chi connectivity index (χ1) is 6.42. The normalized spacial score (nSPS) is 14.0. The van der Waals surface area contributed by atoms with E-state index in [1.165, 1.54) is 0 Å². The molecule has 1 atom stereocenters. The molecule has 1 unspecified atom stereocenters. The van der Waals surface area contributed by atoms with Gasteiger partial charge < -0.3 is 4.55 Å². The Morgan fingerprint density at radius 2 is 2.14 bits per heavy atom. The fourth-order valence-corrected chi connectivity index (χ4v) is 2.09. The summed E-state index contributed by atoms with van der Waals surface area (Å²) in [6.07, 6.45) is 0.309. The van der Waals surface area contributed by atoms with Crippen molar-refractivity contribution in [1.82, 2.24) is 0 Å². The molecule has 1 aromatic carbocycles. The summed E-state index contributed by atoms with van der Waals surface area (Å²) >= 11 is 9.66. The number of benzene rings is 1. The van der Waals surface area contributed by atoms with Crippen LogP contribution in [0.3, 0.4) is 0 Å². The predicted molar refractivity (Wildman–Crippen MR) is 64.7 cm³/mol. The second kappa shape index (κ2) is 5.07. The van der Waals surface area contributed by atoms with E-state index in [9.17, 15) is 8.76 Å². The van der Waals surface area contributed by atoms with Crippen LogP contribution in [0.4, 0.5) is 0 Å². The maximum atomic E-state index is 10.8. The Bertz CT molecular complexity index is 357. The maximum Gasteiger partial charge on any atom is 0.145 e. The second-order valence-corrected chi connectivity index (χ2v) is 9.10. The van der Waals surface area contributed by atoms with Crippen LogP contribution in [0.2, 0.25) is 5.02 Å². The summed E-state index contributed by atoms with van der Waals surface area (Å²) in [4.78, 5) is 0. The van der Waals surface area contributed by atoms with Crippen LogP contribution in [-0.4, -0.2) is 11.3 Å². The van der Waals surface area contributed by atoms with E-state index in [1.807, 2.05) is 6.07 Å². The van der Waals surface area contributed by atoms with Gasteiger partial charge in [-0.1, -0.05) is 55.6 Å². The van der Waals surface area contributed by atoms with Gasteiger partial charge in [-0.2, -0.15) is 0 Å². The Morgan fingerprint density at radius 1 is 1.50 bits per heavy atom. The minimum Gasteiger partial charge on any atom is -0.771 e. The molecular weight excluding hydrogens is 355 g/mol. The summed E-state index contributed by atoms with van der Waals surface area (Å²) in [7, 11) is 0. The zero-order valence-electron chi connectivity index (χ0n) is 6.88. The van der Waals surface area contributed by atoms with Gasteiger partial charge in [0.25, 0.3) is 0 Å². The van der Waals surface area contributed by atoms with Crippen molar-refractivity contribution in [3.05, 3.63) is 34.9 Å². The smallest absolute Gasteiger partial charge is 0.145 e. The van der Waals surface area contributed by atoms with E-state index in [0.717, 1.165) is 5.56 Å². The average molecular weight is 361 g/mol. The van der Waals surface area contributed by atoms with Gasteiger partial charge in [-0.25, -0.2) is 0 Å². The Kier molecular flexibility index (Phi) is 4.58. The molecule has 0 saturated carbocycles. The van der Waals surface area contributed by atoms with Gasteiger partial charge in [0.1, 0.15) is 2.57 Å². The average Bonchev–Trinajstić information content (AvgIpc) is 2.02. The molecular formula is C8H6Br2ClO2S-. The van der Waals surface area contributed by atoms with Crippen LogP contribution in [0.25, 0.3) is 0 Å². The van der Waals surface area contributed by atoms with Crippen LogP contribution >= 0.6 is 43.5 Å². The summed E-state index contributed by atoms with van der Waals surface area (Å²) < 4.78 is 20.4. The third kappa shape index (κ3) is 3.62. The van der Waals surface area contributed by atoms with Gasteiger partial charge in [-0.05, 0) is 28.8 Å². The largest absolute Gasteiger partial charge is 0.771 e. The number of rotatable bonds is 3. The molecule has 1 aromatic rings. The standard InChI is InChI=1S/C8H7Br2ClO2S/c9-8(10,14(12)13)5-6-2-1-3-7(11)4-6/h1-4H,5H2,(H,12,13)/p-1. The van der Waals surface area contributed by atoms with Gasteiger partial charge in [-0.3, -0.25) is 4.21 Å². The highest BCUT2D eigenvalue weighted by atomic mass is 79.9. The molecule has 78 valence electrons. The maximum absolute atomic E-state index is 10.8. The molecule has 1 rings (SSSR count). The number of hydrogen-bond donors (Lipinski definition) is 0. The zero-order chi connectivity index (χ0) is 10.8. The lowest BCUT2D eigenvalue weighted by atomic mass is 10.2. The fraction of sp³-hybridized carbons (Fsp3) is 0.250. The molecule has 0 fully saturated rings. The summed E-state index contributed by atoms with van der Waals surface area (Å²) in [6, 6.07) is 7.06. The van der Waals surface area contributed by atoms with Gasteiger partial charge >= 0.3 is 0 Å². The molecule has 0 heterocycles. The van der Waals surface area contributed by atoms with Crippen LogP contribution < -0.4 is 0 Å². The van der Waals surface area contributed by atoms with Gasteiger partial charge in [0.2, 0.25) is 0 Å². The monoisotopic (exact) mass is 359 g/mol. The van der Waals surface area contributed by atoms with E-state index in [2.05, 4.69) is 31.9 Å². The highest BCUT2D eigenvalue weighted by molar-refractivity contribution is 9.27. The molecule has 0 saturated heterocycles. The van der Waals surface area contributed by atoms with E-state index in [1.54, 1.807) is 18.2 Å². The summed E-state index contributed by atoms with van der Waals surface area (Å²) in [5, 5.41) is 0.593. The Balaban J connectivity index is 2.83. The van der Waals surface area contributed by atoms with E-state index in [4.69, 9.17) is 11.6 Å².